The van der Waals surface area contributed by atoms with Crippen LogP contribution in [0.2, 0.25) is 0 Å². The van der Waals surface area contributed by atoms with Gasteiger partial charge in [-0.3, -0.25) is 0 Å². The van der Waals surface area contributed by atoms with Crippen LogP contribution in [0.5, 0.6) is 0 Å². The van der Waals surface area contributed by atoms with Gasteiger partial charge in [0.25, 0.3) is 0 Å². The van der Waals surface area contributed by atoms with Gasteiger partial charge in [0.2, 0.25) is 0 Å². The Morgan fingerprint density at radius 1 is 1.67 bits per heavy atom. The summed E-state index contributed by atoms with van der Waals surface area (Å²) in [6.45, 7) is 2.14. The predicted molar refractivity (Wildman–Crippen MR) is 58.8 cm³/mol. The lowest BCUT2D eigenvalue weighted by molar-refractivity contribution is 0.0528. The summed E-state index contributed by atoms with van der Waals surface area (Å²) in [6.07, 6.45) is 3.62. The molecule has 0 N–H and O–H groups in total. The summed E-state index contributed by atoms with van der Waals surface area (Å²) in [4.78, 5) is 15.8. The molecule has 0 saturated heterocycles. The van der Waals surface area contributed by atoms with Gasteiger partial charge < -0.3 is 9.14 Å². The molecule has 0 amide bonds. The predicted octanol–water partition coefficient (Wildman–Crippen LogP) is 2.27. The van der Waals surface area contributed by atoms with E-state index in [1.54, 1.807) is 29.7 Å². The average Bonchev–Trinajstić information content (AvgIpc) is 2.57. The molecule has 2 aromatic heterocycles. The maximum Gasteiger partial charge on any atom is 0.341 e. The summed E-state index contributed by atoms with van der Waals surface area (Å²) in [5.41, 5.74) is 1.08. The molecule has 2 rings (SSSR count). The van der Waals surface area contributed by atoms with Crippen LogP contribution in [0.4, 0.5) is 0 Å². The van der Waals surface area contributed by atoms with Crippen LogP contribution in [-0.4, -0.2) is 22.0 Å². The van der Waals surface area contributed by atoms with Crippen LogP contribution >= 0.6 is 15.9 Å². The molecule has 0 fully saturated rings. The highest BCUT2D eigenvalue weighted by atomic mass is 79.9. The molecule has 2 aromatic rings. The Labute approximate surface area is 95.0 Å². The monoisotopic (exact) mass is 268 g/mol. The van der Waals surface area contributed by atoms with Crippen molar-refractivity contribution in [2.24, 2.45) is 0 Å². The van der Waals surface area contributed by atoms with Gasteiger partial charge in [-0.05, 0) is 35.0 Å². The highest BCUT2D eigenvalue weighted by Crippen LogP contribution is 2.15. The first-order valence-corrected chi connectivity index (χ1v) is 5.32. The maximum absolute atomic E-state index is 11.6. The van der Waals surface area contributed by atoms with Crippen molar-refractivity contribution in [3.05, 3.63) is 34.7 Å². The summed E-state index contributed by atoms with van der Waals surface area (Å²) in [6, 6.07) is 3.49. The van der Waals surface area contributed by atoms with Crippen molar-refractivity contribution in [3.8, 4) is 0 Å². The Balaban J connectivity index is 2.55. The van der Waals surface area contributed by atoms with Crippen molar-refractivity contribution in [2.75, 3.05) is 6.61 Å². The van der Waals surface area contributed by atoms with Crippen LogP contribution < -0.4 is 0 Å². The summed E-state index contributed by atoms with van der Waals surface area (Å²) in [5, 5.41) is 0. The number of nitrogens with zero attached hydrogens (tertiary/aromatic N) is 2. The van der Waals surface area contributed by atoms with Gasteiger partial charge in [-0.15, -0.1) is 0 Å². The van der Waals surface area contributed by atoms with E-state index in [0.717, 1.165) is 0 Å². The zero-order chi connectivity index (χ0) is 10.8. The second-order valence-corrected chi connectivity index (χ2v) is 3.75. The second kappa shape index (κ2) is 4.02. The third-order valence-corrected chi connectivity index (χ3v) is 2.33. The molecular formula is C10H9BrN2O2. The van der Waals surface area contributed by atoms with Crippen LogP contribution in [0, 0.1) is 0 Å². The van der Waals surface area contributed by atoms with Crippen molar-refractivity contribution in [1.82, 2.24) is 9.38 Å². The van der Waals surface area contributed by atoms with Crippen LogP contribution in [-0.2, 0) is 4.74 Å². The number of carbonyl (C=O) groups is 1. The number of hydrogen-bond donors (Lipinski definition) is 0. The number of halogens is 1. The number of carbonyl (C=O) groups excluding carboxylic acids is 1. The lowest BCUT2D eigenvalue weighted by Gasteiger charge is -2.02. The Kier molecular flexibility index (Phi) is 2.73. The van der Waals surface area contributed by atoms with E-state index in [2.05, 4.69) is 20.9 Å². The normalized spacial score (nSPS) is 10.5. The van der Waals surface area contributed by atoms with Gasteiger partial charge in [-0.2, -0.15) is 0 Å². The molecule has 0 aliphatic heterocycles. The summed E-state index contributed by atoms with van der Waals surface area (Å²) in [7, 11) is 0. The first-order chi connectivity index (χ1) is 7.22. The van der Waals surface area contributed by atoms with Crippen molar-refractivity contribution in [1.29, 1.82) is 0 Å². The minimum Gasteiger partial charge on any atom is -0.462 e. The van der Waals surface area contributed by atoms with Gasteiger partial charge >= 0.3 is 5.97 Å². The van der Waals surface area contributed by atoms with Crippen LogP contribution in [0.15, 0.2) is 29.1 Å². The van der Waals surface area contributed by atoms with E-state index >= 15 is 0 Å². The van der Waals surface area contributed by atoms with Crippen LogP contribution in [0.25, 0.3) is 5.65 Å². The third kappa shape index (κ3) is 1.87. The number of hydrogen-bond acceptors (Lipinski definition) is 3. The molecule has 0 unspecified atom stereocenters. The summed E-state index contributed by atoms with van der Waals surface area (Å²) >= 11 is 3.26. The van der Waals surface area contributed by atoms with Gasteiger partial charge in [0.15, 0.2) is 5.65 Å². The van der Waals surface area contributed by atoms with Crippen molar-refractivity contribution >= 4 is 27.5 Å². The summed E-state index contributed by atoms with van der Waals surface area (Å²) in [5.74, 6) is -0.346. The molecule has 15 heavy (non-hydrogen) atoms. The Bertz CT molecular complexity index is 507. The van der Waals surface area contributed by atoms with E-state index in [1.807, 2.05) is 6.20 Å². The quantitative estimate of drug-likeness (QED) is 0.785. The Hall–Kier alpha value is -1.36. The number of rotatable bonds is 2. The molecule has 0 atom stereocenters. The molecule has 2 heterocycles. The van der Waals surface area contributed by atoms with Gasteiger partial charge in [-0.1, -0.05) is 0 Å². The minimum absolute atomic E-state index is 0.346. The molecule has 5 heteroatoms. The highest BCUT2D eigenvalue weighted by Gasteiger charge is 2.12. The zero-order valence-electron chi connectivity index (χ0n) is 8.11. The molecule has 0 spiro atoms. The fourth-order valence-electron chi connectivity index (χ4n) is 1.35. The lowest BCUT2D eigenvalue weighted by atomic mass is 10.3. The lowest BCUT2D eigenvalue weighted by Crippen LogP contribution is -2.06. The highest BCUT2D eigenvalue weighted by molar-refractivity contribution is 9.10. The molecule has 0 aliphatic carbocycles. The van der Waals surface area contributed by atoms with E-state index in [1.165, 1.54) is 0 Å². The molecule has 0 aromatic carbocycles. The number of aromatic nitrogens is 2. The molecule has 0 radical (unpaired) electrons. The van der Waals surface area contributed by atoms with E-state index in [0.29, 0.717) is 22.4 Å². The van der Waals surface area contributed by atoms with E-state index < -0.39 is 0 Å². The van der Waals surface area contributed by atoms with Gasteiger partial charge in [0.1, 0.15) is 10.2 Å². The van der Waals surface area contributed by atoms with Crippen LogP contribution in [0.3, 0.4) is 0 Å². The first-order valence-electron chi connectivity index (χ1n) is 4.52. The van der Waals surface area contributed by atoms with Gasteiger partial charge in [0, 0.05) is 12.4 Å². The molecule has 0 aliphatic rings. The Morgan fingerprint density at radius 2 is 2.47 bits per heavy atom. The standard InChI is InChI=1S/C10H9BrN2O2/c1-2-15-10(14)7-4-3-5-13-6-8(11)12-9(7)13/h3-6H,2H2,1H3. The zero-order valence-corrected chi connectivity index (χ0v) is 9.69. The fourth-order valence-corrected chi connectivity index (χ4v) is 1.74. The molecular weight excluding hydrogens is 260 g/mol. The van der Waals surface area contributed by atoms with Gasteiger partial charge in [0.05, 0.1) is 6.61 Å². The number of esters is 1. The average molecular weight is 269 g/mol. The number of ether oxygens (including phenoxy) is 1. The van der Waals surface area contributed by atoms with Crippen molar-refractivity contribution < 1.29 is 9.53 Å². The van der Waals surface area contributed by atoms with Crippen LogP contribution in [0.1, 0.15) is 17.3 Å². The van der Waals surface area contributed by atoms with E-state index in [-0.39, 0.29) is 5.97 Å². The van der Waals surface area contributed by atoms with Crippen molar-refractivity contribution in [3.63, 3.8) is 0 Å². The SMILES string of the molecule is CCOC(=O)c1cccn2cc(Br)nc12. The smallest absolute Gasteiger partial charge is 0.341 e. The van der Waals surface area contributed by atoms with E-state index in [9.17, 15) is 4.79 Å². The molecule has 4 nitrogen and oxygen atoms in total. The minimum atomic E-state index is -0.346. The molecule has 78 valence electrons. The summed E-state index contributed by atoms with van der Waals surface area (Å²) < 4.78 is 7.41. The topological polar surface area (TPSA) is 43.6 Å². The molecule has 0 bridgehead atoms. The Morgan fingerprint density at radius 3 is 3.20 bits per heavy atom. The third-order valence-electron chi connectivity index (χ3n) is 1.95. The number of pyridine rings is 1. The molecule has 0 saturated carbocycles. The largest absolute Gasteiger partial charge is 0.462 e. The fraction of sp³-hybridized carbons (Fsp3) is 0.200. The van der Waals surface area contributed by atoms with Gasteiger partial charge in [-0.25, -0.2) is 9.78 Å². The maximum atomic E-state index is 11.6. The first kappa shape index (κ1) is 10.2. The van der Waals surface area contributed by atoms with Crippen molar-refractivity contribution in [2.45, 2.75) is 6.92 Å². The second-order valence-electron chi connectivity index (χ2n) is 2.94. The number of fused-ring (bicyclic) bond motifs is 1. The van der Waals surface area contributed by atoms with E-state index in [4.69, 9.17) is 4.74 Å². The number of imidazole rings is 1.